The monoisotopic (exact) mass is 166 g/mol. The largest absolute Gasteiger partial charge is 0.303 e. The molecule has 2 rings (SSSR count). The molecule has 0 unspecified atom stereocenters. The molecule has 0 spiro atoms. The highest BCUT2D eigenvalue weighted by molar-refractivity contribution is 5.59. The first-order chi connectivity index (χ1) is 5.86. The molecule has 0 amide bonds. The van der Waals surface area contributed by atoms with Crippen molar-refractivity contribution in [1.29, 1.82) is 0 Å². The molecule has 0 saturated heterocycles. The zero-order valence-electron chi connectivity index (χ0n) is 7.11. The maximum absolute atomic E-state index is 10.8. The van der Waals surface area contributed by atoms with E-state index in [9.17, 15) is 9.59 Å². The molecule has 66 valence electrons. The third-order valence-electron chi connectivity index (χ3n) is 3.68. The van der Waals surface area contributed by atoms with Crippen LogP contribution in [-0.2, 0) is 9.59 Å². The summed E-state index contributed by atoms with van der Waals surface area (Å²) in [5, 5.41) is 0. The molecule has 0 aromatic rings. The first-order valence-electron chi connectivity index (χ1n) is 4.75. The second kappa shape index (κ2) is 3.00. The summed E-state index contributed by atoms with van der Waals surface area (Å²) in [4.78, 5) is 21.1. The lowest BCUT2D eigenvalue weighted by Crippen LogP contribution is -2.23. The van der Waals surface area contributed by atoms with E-state index in [0.717, 1.165) is 12.6 Å². The molecular weight excluding hydrogens is 152 g/mol. The maximum Gasteiger partial charge on any atom is 0.123 e. The van der Waals surface area contributed by atoms with E-state index in [1.165, 1.54) is 19.3 Å². The van der Waals surface area contributed by atoms with Gasteiger partial charge in [0, 0.05) is 12.3 Å². The van der Waals surface area contributed by atoms with E-state index in [-0.39, 0.29) is 5.92 Å². The molecule has 2 fully saturated rings. The fourth-order valence-electron chi connectivity index (χ4n) is 3.13. The zero-order chi connectivity index (χ0) is 8.55. The van der Waals surface area contributed by atoms with Crippen molar-refractivity contribution in [3.8, 4) is 0 Å². The predicted molar refractivity (Wildman–Crippen MR) is 44.6 cm³/mol. The van der Waals surface area contributed by atoms with Crippen molar-refractivity contribution in [2.45, 2.75) is 25.7 Å². The van der Waals surface area contributed by atoms with Crippen LogP contribution in [0.3, 0.4) is 0 Å². The molecule has 2 nitrogen and oxygen atoms in total. The quantitative estimate of drug-likeness (QED) is 0.594. The van der Waals surface area contributed by atoms with Gasteiger partial charge in [0.25, 0.3) is 0 Å². The first-order valence-corrected chi connectivity index (χ1v) is 4.75. The molecular formula is C10H14O2. The molecule has 2 saturated carbocycles. The van der Waals surface area contributed by atoms with Gasteiger partial charge in [0.2, 0.25) is 0 Å². The Balaban J connectivity index is 2.10. The molecule has 0 N–H and O–H groups in total. The van der Waals surface area contributed by atoms with Gasteiger partial charge in [-0.05, 0) is 37.0 Å². The molecule has 4 atom stereocenters. The zero-order valence-corrected chi connectivity index (χ0v) is 7.11. The van der Waals surface area contributed by atoms with Gasteiger partial charge in [-0.3, -0.25) is 0 Å². The van der Waals surface area contributed by atoms with Crippen LogP contribution in [0.1, 0.15) is 25.7 Å². The molecule has 2 aliphatic carbocycles. The molecule has 0 aromatic carbocycles. The Bertz CT molecular complexity index is 200. The Labute approximate surface area is 72.3 Å². The van der Waals surface area contributed by atoms with E-state index in [4.69, 9.17) is 0 Å². The Kier molecular flexibility index (Phi) is 1.99. The minimum absolute atomic E-state index is 0.203. The van der Waals surface area contributed by atoms with Crippen LogP contribution in [0, 0.1) is 23.7 Å². The normalized spacial score (nSPS) is 44.7. The summed E-state index contributed by atoms with van der Waals surface area (Å²) in [6.45, 7) is 0. The smallest absolute Gasteiger partial charge is 0.123 e. The lowest BCUT2D eigenvalue weighted by atomic mass is 9.79. The molecule has 2 heteroatoms. The van der Waals surface area contributed by atoms with Gasteiger partial charge in [-0.25, -0.2) is 0 Å². The molecule has 0 heterocycles. The Hall–Kier alpha value is -0.660. The number of aldehydes is 2. The minimum atomic E-state index is 0.203. The topological polar surface area (TPSA) is 34.1 Å². The highest BCUT2D eigenvalue weighted by atomic mass is 16.1. The van der Waals surface area contributed by atoms with Crippen LogP contribution >= 0.6 is 0 Å². The molecule has 0 aliphatic heterocycles. The summed E-state index contributed by atoms with van der Waals surface area (Å²) in [6, 6.07) is 0. The van der Waals surface area contributed by atoms with Crippen LogP contribution in [0.2, 0.25) is 0 Å². The molecule has 2 aliphatic rings. The van der Waals surface area contributed by atoms with Gasteiger partial charge in [0.15, 0.2) is 0 Å². The van der Waals surface area contributed by atoms with Gasteiger partial charge >= 0.3 is 0 Å². The first kappa shape index (κ1) is 7.96. The van der Waals surface area contributed by atoms with Crippen molar-refractivity contribution in [3.05, 3.63) is 0 Å². The fraction of sp³-hybridized carbons (Fsp3) is 0.800. The van der Waals surface area contributed by atoms with Crippen LogP contribution in [0.15, 0.2) is 0 Å². The summed E-state index contributed by atoms with van der Waals surface area (Å²) < 4.78 is 0. The van der Waals surface area contributed by atoms with Crippen molar-refractivity contribution in [1.82, 2.24) is 0 Å². The van der Waals surface area contributed by atoms with E-state index in [2.05, 4.69) is 0 Å². The summed E-state index contributed by atoms with van der Waals surface area (Å²) >= 11 is 0. The van der Waals surface area contributed by atoms with Crippen LogP contribution in [0.25, 0.3) is 0 Å². The maximum atomic E-state index is 10.8. The van der Waals surface area contributed by atoms with Gasteiger partial charge in [-0.15, -0.1) is 0 Å². The van der Waals surface area contributed by atoms with E-state index in [1.54, 1.807) is 0 Å². The average Bonchev–Trinajstić information content (AvgIpc) is 2.64. The van der Waals surface area contributed by atoms with E-state index in [0.29, 0.717) is 24.2 Å². The van der Waals surface area contributed by atoms with Crippen LogP contribution < -0.4 is 0 Å². The van der Waals surface area contributed by atoms with Gasteiger partial charge in [0.05, 0.1) is 0 Å². The van der Waals surface area contributed by atoms with Crippen molar-refractivity contribution < 1.29 is 9.59 Å². The number of rotatable bonds is 3. The van der Waals surface area contributed by atoms with Gasteiger partial charge in [-0.2, -0.15) is 0 Å². The third kappa shape index (κ3) is 1.01. The SMILES string of the molecule is O=CC[C@H]1[C@H]2CC[C@H](C2)[C@H]1C=O. The summed E-state index contributed by atoms with van der Waals surface area (Å²) in [6.07, 6.45) is 6.31. The van der Waals surface area contributed by atoms with Crippen molar-refractivity contribution in [2.75, 3.05) is 0 Å². The van der Waals surface area contributed by atoms with Crippen LogP contribution in [0.5, 0.6) is 0 Å². The van der Waals surface area contributed by atoms with Crippen LogP contribution in [0.4, 0.5) is 0 Å². The lowest BCUT2D eigenvalue weighted by molar-refractivity contribution is -0.115. The van der Waals surface area contributed by atoms with Crippen molar-refractivity contribution >= 4 is 12.6 Å². The van der Waals surface area contributed by atoms with Crippen molar-refractivity contribution in [3.63, 3.8) is 0 Å². The van der Waals surface area contributed by atoms with Gasteiger partial charge in [-0.1, -0.05) is 0 Å². The summed E-state index contributed by atoms with van der Waals surface area (Å²) in [5.74, 6) is 1.88. The summed E-state index contributed by atoms with van der Waals surface area (Å²) in [5.41, 5.74) is 0. The Morgan fingerprint density at radius 2 is 1.92 bits per heavy atom. The molecule has 0 radical (unpaired) electrons. The number of hydrogen-bond acceptors (Lipinski definition) is 2. The highest BCUT2D eigenvalue weighted by Crippen LogP contribution is 2.52. The lowest BCUT2D eigenvalue weighted by Gasteiger charge is -2.25. The Morgan fingerprint density at radius 1 is 1.17 bits per heavy atom. The molecule has 2 bridgehead atoms. The number of carbonyl (C=O) groups is 2. The average molecular weight is 166 g/mol. The van der Waals surface area contributed by atoms with Gasteiger partial charge in [0.1, 0.15) is 12.6 Å². The summed E-state index contributed by atoms with van der Waals surface area (Å²) in [7, 11) is 0. The molecule has 12 heavy (non-hydrogen) atoms. The van der Waals surface area contributed by atoms with Crippen LogP contribution in [-0.4, -0.2) is 12.6 Å². The Morgan fingerprint density at radius 3 is 2.58 bits per heavy atom. The number of carbonyl (C=O) groups excluding carboxylic acids is 2. The predicted octanol–water partition coefficient (Wildman–Crippen LogP) is 1.44. The second-order valence-corrected chi connectivity index (χ2v) is 4.11. The minimum Gasteiger partial charge on any atom is -0.303 e. The fourth-order valence-corrected chi connectivity index (χ4v) is 3.13. The third-order valence-corrected chi connectivity index (χ3v) is 3.68. The van der Waals surface area contributed by atoms with E-state index in [1.807, 2.05) is 0 Å². The number of fused-ring (bicyclic) bond motifs is 2. The standard InChI is InChI=1S/C10H14O2/c11-4-3-9-7-1-2-8(5-7)10(9)6-12/h4,6-10H,1-3,5H2/t7-,8+,9-,10+/m0/s1. The van der Waals surface area contributed by atoms with Crippen molar-refractivity contribution in [2.24, 2.45) is 23.7 Å². The number of hydrogen-bond donors (Lipinski definition) is 0. The highest BCUT2D eigenvalue weighted by Gasteiger charge is 2.46. The van der Waals surface area contributed by atoms with E-state index >= 15 is 0 Å². The van der Waals surface area contributed by atoms with E-state index < -0.39 is 0 Å². The molecule has 0 aromatic heterocycles. The second-order valence-electron chi connectivity index (χ2n) is 4.11. The van der Waals surface area contributed by atoms with Gasteiger partial charge < -0.3 is 9.59 Å².